The van der Waals surface area contributed by atoms with Crippen molar-refractivity contribution in [1.29, 1.82) is 0 Å². The topological polar surface area (TPSA) is 48.0 Å². The number of benzene rings is 3. The SMILES string of the molecule is C/C=C/C=C(O[Si](C)(C)C(C)(C)C)N(O[Si](c1ccccc1)(c1ccccc1)C(C)(C)C)C(=O)OCc1ccccc1. The number of carbonyl (C=O) groups excluding carboxylic acids is 1. The molecule has 0 aliphatic carbocycles. The molecule has 0 saturated carbocycles. The van der Waals surface area contributed by atoms with Crippen molar-refractivity contribution in [1.82, 2.24) is 5.06 Å². The molecule has 0 saturated heterocycles. The first-order valence-corrected chi connectivity index (χ1v) is 19.4. The second-order valence-corrected chi connectivity index (χ2v) is 21.9. The normalized spacial score (nSPS) is 13.2. The number of rotatable bonds is 10. The molecule has 3 aromatic rings. The number of carbonyl (C=O) groups is 1. The summed E-state index contributed by atoms with van der Waals surface area (Å²) in [5.74, 6) is 0.325. The van der Waals surface area contributed by atoms with E-state index in [2.05, 4.69) is 78.9 Å². The van der Waals surface area contributed by atoms with E-state index >= 15 is 0 Å². The average molecular weight is 602 g/mol. The van der Waals surface area contributed by atoms with Crippen molar-refractivity contribution >= 4 is 33.1 Å². The Hall–Kier alpha value is -3.40. The van der Waals surface area contributed by atoms with E-state index < -0.39 is 22.7 Å². The molecule has 1 amide bonds. The fourth-order valence-electron chi connectivity index (χ4n) is 4.44. The van der Waals surface area contributed by atoms with E-state index in [0.717, 1.165) is 15.9 Å². The van der Waals surface area contributed by atoms with Crippen LogP contribution in [0.25, 0.3) is 0 Å². The molecule has 0 aliphatic rings. The van der Waals surface area contributed by atoms with Gasteiger partial charge in [-0.1, -0.05) is 145 Å². The molecule has 224 valence electrons. The minimum atomic E-state index is -3.21. The van der Waals surface area contributed by atoms with Gasteiger partial charge in [0, 0.05) is 0 Å². The predicted octanol–water partition coefficient (Wildman–Crippen LogP) is 8.56. The zero-order valence-electron chi connectivity index (χ0n) is 26.7. The molecule has 0 aromatic heterocycles. The van der Waals surface area contributed by atoms with Crippen LogP contribution in [0.4, 0.5) is 4.79 Å². The molecule has 0 atom stereocenters. The van der Waals surface area contributed by atoms with Crippen LogP contribution in [0.3, 0.4) is 0 Å². The van der Waals surface area contributed by atoms with Gasteiger partial charge in [-0.15, -0.1) is 5.06 Å². The molecule has 0 heterocycles. The van der Waals surface area contributed by atoms with Crippen LogP contribution in [0.5, 0.6) is 0 Å². The van der Waals surface area contributed by atoms with Gasteiger partial charge in [-0.05, 0) is 52.1 Å². The summed E-state index contributed by atoms with van der Waals surface area (Å²) in [5.41, 5.74) is 0.889. The highest BCUT2D eigenvalue weighted by molar-refractivity contribution is 6.99. The van der Waals surface area contributed by atoms with E-state index in [1.807, 2.05) is 91.9 Å². The van der Waals surface area contributed by atoms with Crippen LogP contribution in [0.2, 0.25) is 23.2 Å². The van der Waals surface area contributed by atoms with Gasteiger partial charge in [-0.2, -0.15) is 0 Å². The molecule has 3 aromatic carbocycles. The van der Waals surface area contributed by atoms with Gasteiger partial charge in [0.15, 0.2) is 0 Å². The van der Waals surface area contributed by atoms with Crippen LogP contribution in [0.1, 0.15) is 54.0 Å². The Labute approximate surface area is 255 Å². The predicted molar refractivity (Wildman–Crippen MR) is 178 cm³/mol. The largest absolute Gasteiger partial charge is 0.530 e. The number of amides is 1. The van der Waals surface area contributed by atoms with Crippen molar-refractivity contribution in [2.75, 3.05) is 0 Å². The minimum absolute atomic E-state index is 0.108. The highest BCUT2D eigenvalue weighted by Gasteiger charge is 2.54. The van der Waals surface area contributed by atoms with Crippen molar-refractivity contribution in [3.63, 3.8) is 0 Å². The smallest absolute Gasteiger partial charge is 0.440 e. The van der Waals surface area contributed by atoms with Gasteiger partial charge in [0.2, 0.25) is 5.88 Å². The van der Waals surface area contributed by atoms with Crippen LogP contribution in [-0.2, 0) is 20.3 Å². The number of hydrogen-bond acceptors (Lipinski definition) is 4. The second kappa shape index (κ2) is 13.7. The Balaban J connectivity index is 2.25. The fraction of sp³-hybridized carbons (Fsp3) is 0.343. The van der Waals surface area contributed by atoms with E-state index in [-0.39, 0.29) is 16.7 Å². The Bertz CT molecular complexity index is 1300. The van der Waals surface area contributed by atoms with Crippen LogP contribution >= 0.6 is 0 Å². The van der Waals surface area contributed by atoms with Crippen molar-refractivity contribution in [2.45, 2.75) is 78.2 Å². The maximum absolute atomic E-state index is 14.2. The van der Waals surface area contributed by atoms with E-state index in [1.165, 1.54) is 5.06 Å². The van der Waals surface area contributed by atoms with Crippen molar-refractivity contribution < 1.29 is 18.5 Å². The molecule has 42 heavy (non-hydrogen) atoms. The lowest BCUT2D eigenvalue weighted by molar-refractivity contribution is -0.0598. The van der Waals surface area contributed by atoms with Crippen molar-refractivity contribution in [3.8, 4) is 0 Å². The molecule has 0 N–H and O–H groups in total. The lowest BCUT2D eigenvalue weighted by Crippen LogP contribution is -2.69. The van der Waals surface area contributed by atoms with Crippen LogP contribution < -0.4 is 10.4 Å². The molecular weight excluding hydrogens is 555 g/mol. The zero-order valence-corrected chi connectivity index (χ0v) is 28.7. The third-order valence-electron chi connectivity index (χ3n) is 7.81. The van der Waals surface area contributed by atoms with Gasteiger partial charge in [0.1, 0.15) is 6.61 Å². The standard InChI is InChI=1S/C35H47NO4Si2/c1-10-11-27-32(39-41(8,9)34(2,3)4)36(33(37)38-28-29-21-15-12-16-22-29)40-42(35(5,6)7,30-23-17-13-18-24-30)31-25-19-14-20-26-31/h10-27H,28H2,1-9H3/b11-10+,32-27?. The summed E-state index contributed by atoms with van der Waals surface area (Å²) in [7, 11) is -5.62. The van der Waals surface area contributed by atoms with Gasteiger partial charge in [0.25, 0.3) is 16.6 Å². The quantitative estimate of drug-likeness (QED) is 0.101. The summed E-state index contributed by atoms with van der Waals surface area (Å²) in [6.07, 6.45) is 4.96. The molecule has 0 radical (unpaired) electrons. The van der Waals surface area contributed by atoms with Crippen molar-refractivity contribution in [3.05, 3.63) is 121 Å². The number of nitrogens with zero attached hydrogens (tertiary/aromatic N) is 1. The highest BCUT2D eigenvalue weighted by Crippen LogP contribution is 2.41. The average Bonchev–Trinajstić information content (AvgIpc) is 2.95. The molecule has 0 unspecified atom stereocenters. The van der Waals surface area contributed by atoms with Crippen LogP contribution in [-0.4, -0.2) is 27.8 Å². The first-order valence-electron chi connectivity index (χ1n) is 14.6. The molecule has 0 fully saturated rings. The first kappa shape index (κ1) is 33.1. The summed E-state index contributed by atoms with van der Waals surface area (Å²) < 4.78 is 20.0. The Morgan fingerprint density at radius 2 is 1.24 bits per heavy atom. The molecule has 0 bridgehead atoms. The van der Waals surface area contributed by atoms with Gasteiger partial charge in [-0.3, -0.25) is 4.53 Å². The Morgan fingerprint density at radius 1 is 0.762 bits per heavy atom. The molecule has 5 nitrogen and oxygen atoms in total. The van der Waals surface area contributed by atoms with Gasteiger partial charge < -0.3 is 9.16 Å². The Morgan fingerprint density at radius 3 is 1.67 bits per heavy atom. The lowest BCUT2D eigenvalue weighted by atomic mass is 10.2. The number of allylic oxidation sites excluding steroid dienone is 3. The summed E-state index contributed by atoms with van der Waals surface area (Å²) in [5, 5.41) is 2.89. The molecule has 0 aliphatic heterocycles. The second-order valence-electron chi connectivity index (χ2n) is 13.0. The summed E-state index contributed by atoms with van der Waals surface area (Å²) in [6.45, 7) is 19.4. The van der Waals surface area contributed by atoms with E-state index in [1.54, 1.807) is 0 Å². The molecule has 0 spiro atoms. The third kappa shape index (κ3) is 7.70. The van der Waals surface area contributed by atoms with Crippen LogP contribution in [0.15, 0.2) is 115 Å². The maximum atomic E-state index is 14.2. The first-order chi connectivity index (χ1) is 19.7. The zero-order chi connectivity index (χ0) is 31.0. The number of hydroxylamine groups is 2. The molecule has 3 rings (SSSR count). The Kier molecular flexibility index (Phi) is 10.8. The third-order valence-corrected chi connectivity index (χ3v) is 17.0. The van der Waals surface area contributed by atoms with Crippen LogP contribution in [0, 0.1) is 0 Å². The minimum Gasteiger partial charge on any atom is -0.530 e. The van der Waals surface area contributed by atoms with E-state index in [0.29, 0.717) is 5.88 Å². The van der Waals surface area contributed by atoms with Gasteiger partial charge in [0.05, 0.1) is 0 Å². The number of ether oxygens (including phenoxy) is 1. The van der Waals surface area contributed by atoms with Crippen molar-refractivity contribution in [2.24, 2.45) is 0 Å². The monoisotopic (exact) mass is 601 g/mol. The highest BCUT2D eigenvalue weighted by atomic mass is 28.4. The fourth-order valence-corrected chi connectivity index (χ4v) is 9.74. The van der Waals surface area contributed by atoms with E-state index in [9.17, 15) is 4.79 Å². The lowest BCUT2D eigenvalue weighted by Gasteiger charge is -2.46. The molecule has 7 heteroatoms. The number of hydrogen-bond donors (Lipinski definition) is 0. The molecular formula is C35H47NO4Si2. The summed E-state index contributed by atoms with van der Waals surface area (Å²) in [6, 6.07) is 30.2. The summed E-state index contributed by atoms with van der Waals surface area (Å²) >= 11 is 0. The maximum Gasteiger partial charge on any atom is 0.440 e. The van der Waals surface area contributed by atoms with Gasteiger partial charge >= 0.3 is 6.09 Å². The van der Waals surface area contributed by atoms with Gasteiger partial charge in [-0.25, -0.2) is 4.79 Å². The van der Waals surface area contributed by atoms with E-state index in [4.69, 9.17) is 13.7 Å². The summed E-state index contributed by atoms with van der Waals surface area (Å²) in [4.78, 5) is 14.2.